The third-order valence-corrected chi connectivity index (χ3v) is 8.20. The summed E-state index contributed by atoms with van der Waals surface area (Å²) in [7, 11) is -3.55. The van der Waals surface area contributed by atoms with Crippen molar-refractivity contribution >= 4 is 32.4 Å². The molecule has 5 rings (SSSR count). The molecule has 1 aromatic heterocycles. The van der Waals surface area contributed by atoms with Gasteiger partial charge in [-0.3, -0.25) is 0 Å². The molecule has 0 aliphatic carbocycles. The zero-order valence-electron chi connectivity index (χ0n) is 17.5. The number of rotatable bonds is 4. The quantitative estimate of drug-likeness (QED) is 0.625. The molecule has 2 aromatic carbocycles. The fourth-order valence-electron chi connectivity index (χ4n) is 4.50. The molecule has 31 heavy (non-hydrogen) atoms. The van der Waals surface area contributed by atoms with E-state index >= 15 is 0 Å². The van der Waals surface area contributed by atoms with Crippen LogP contribution in [-0.4, -0.2) is 62.2 Å². The molecular formula is C23H27N5O2S. The monoisotopic (exact) mass is 437 g/mol. The molecule has 3 aromatic rings. The maximum Gasteiger partial charge on any atom is 0.243 e. The molecule has 0 unspecified atom stereocenters. The zero-order valence-corrected chi connectivity index (χ0v) is 18.3. The number of hydrogen-bond donors (Lipinski definition) is 0. The van der Waals surface area contributed by atoms with Gasteiger partial charge in [0.15, 0.2) is 11.6 Å². The molecule has 3 heterocycles. The molecule has 162 valence electrons. The van der Waals surface area contributed by atoms with Crippen LogP contribution in [0.5, 0.6) is 0 Å². The smallest absolute Gasteiger partial charge is 0.243 e. The van der Waals surface area contributed by atoms with Crippen LogP contribution in [0.1, 0.15) is 19.3 Å². The number of piperidine rings is 1. The van der Waals surface area contributed by atoms with Gasteiger partial charge in [0.05, 0.1) is 4.90 Å². The molecule has 0 atom stereocenters. The molecule has 0 N–H and O–H groups in total. The SMILES string of the molecule is O=S(=O)(c1cccc2ccccc12)N1CCN(c2ccc(N3CCCCC3)nn2)CC1. The standard InChI is InChI=1S/C23H27N5O2S/c29-31(30,21-10-6-8-19-7-2-3-9-20(19)21)28-17-15-27(16-18-28)23-12-11-22(24-25-23)26-13-4-1-5-14-26/h2-3,6-12H,1,4-5,13-18H2. The average Bonchev–Trinajstić information content (AvgIpc) is 2.84. The Balaban J connectivity index is 1.28. The molecule has 2 fully saturated rings. The van der Waals surface area contributed by atoms with E-state index in [0.29, 0.717) is 31.1 Å². The summed E-state index contributed by atoms with van der Waals surface area (Å²) >= 11 is 0. The van der Waals surface area contributed by atoms with E-state index in [9.17, 15) is 8.42 Å². The molecule has 0 spiro atoms. The third kappa shape index (κ3) is 3.97. The van der Waals surface area contributed by atoms with Gasteiger partial charge in [0, 0.05) is 44.7 Å². The summed E-state index contributed by atoms with van der Waals surface area (Å²) in [5.74, 6) is 1.74. The summed E-state index contributed by atoms with van der Waals surface area (Å²) in [5, 5.41) is 10.6. The van der Waals surface area contributed by atoms with Crippen LogP contribution in [0.3, 0.4) is 0 Å². The first-order valence-electron chi connectivity index (χ1n) is 10.9. The normalized spacial score (nSPS) is 18.5. The number of hydrogen-bond acceptors (Lipinski definition) is 6. The Kier molecular flexibility index (Phi) is 5.50. The van der Waals surface area contributed by atoms with Gasteiger partial charge < -0.3 is 9.80 Å². The predicted octanol–water partition coefficient (Wildman–Crippen LogP) is 3.13. The fourth-order valence-corrected chi connectivity index (χ4v) is 6.13. The van der Waals surface area contributed by atoms with Gasteiger partial charge in [0.1, 0.15) is 0 Å². The van der Waals surface area contributed by atoms with E-state index in [1.165, 1.54) is 19.3 Å². The fraction of sp³-hybridized carbons (Fsp3) is 0.391. The Hall–Kier alpha value is -2.71. The molecular weight excluding hydrogens is 410 g/mol. The Bertz CT molecular complexity index is 1150. The van der Waals surface area contributed by atoms with Gasteiger partial charge in [-0.25, -0.2) is 8.42 Å². The molecule has 8 heteroatoms. The van der Waals surface area contributed by atoms with Crippen molar-refractivity contribution in [1.29, 1.82) is 0 Å². The summed E-state index contributed by atoms with van der Waals surface area (Å²) < 4.78 is 28.3. The maximum absolute atomic E-state index is 13.3. The molecule has 0 radical (unpaired) electrons. The lowest BCUT2D eigenvalue weighted by Crippen LogP contribution is -2.49. The Morgan fingerprint density at radius 3 is 1.94 bits per heavy atom. The van der Waals surface area contributed by atoms with E-state index in [0.717, 1.165) is 35.5 Å². The minimum absolute atomic E-state index is 0.379. The highest BCUT2D eigenvalue weighted by Gasteiger charge is 2.30. The van der Waals surface area contributed by atoms with E-state index < -0.39 is 10.0 Å². The van der Waals surface area contributed by atoms with Crippen molar-refractivity contribution in [1.82, 2.24) is 14.5 Å². The minimum atomic E-state index is -3.55. The van der Waals surface area contributed by atoms with Gasteiger partial charge in [0.25, 0.3) is 0 Å². The van der Waals surface area contributed by atoms with Crippen molar-refractivity contribution in [2.45, 2.75) is 24.2 Å². The molecule has 2 saturated heterocycles. The molecule has 2 aliphatic rings. The average molecular weight is 438 g/mol. The number of benzene rings is 2. The highest BCUT2D eigenvalue weighted by atomic mass is 32.2. The lowest BCUT2D eigenvalue weighted by molar-refractivity contribution is 0.384. The number of anilines is 2. The summed E-state index contributed by atoms with van der Waals surface area (Å²) in [4.78, 5) is 4.78. The van der Waals surface area contributed by atoms with Crippen molar-refractivity contribution in [3.05, 3.63) is 54.6 Å². The van der Waals surface area contributed by atoms with Gasteiger partial charge >= 0.3 is 0 Å². The molecule has 2 aliphatic heterocycles. The Labute approximate surface area is 183 Å². The lowest BCUT2D eigenvalue weighted by Gasteiger charge is -2.35. The van der Waals surface area contributed by atoms with E-state index in [1.54, 1.807) is 10.4 Å². The van der Waals surface area contributed by atoms with Crippen LogP contribution in [-0.2, 0) is 10.0 Å². The number of fused-ring (bicyclic) bond motifs is 1. The van der Waals surface area contributed by atoms with E-state index in [4.69, 9.17) is 0 Å². The maximum atomic E-state index is 13.3. The summed E-state index contributed by atoms with van der Waals surface area (Å²) in [6.45, 7) is 4.14. The highest BCUT2D eigenvalue weighted by Crippen LogP contribution is 2.27. The summed E-state index contributed by atoms with van der Waals surface area (Å²) in [5.41, 5.74) is 0. The van der Waals surface area contributed by atoms with Gasteiger partial charge in [-0.2, -0.15) is 4.31 Å². The lowest BCUT2D eigenvalue weighted by atomic mass is 10.1. The second-order valence-electron chi connectivity index (χ2n) is 8.17. The number of nitrogens with zero attached hydrogens (tertiary/aromatic N) is 5. The molecule has 0 amide bonds. The van der Waals surface area contributed by atoms with Crippen molar-refractivity contribution in [3.8, 4) is 0 Å². The molecule has 7 nitrogen and oxygen atoms in total. The topological polar surface area (TPSA) is 69.6 Å². The zero-order chi connectivity index (χ0) is 21.3. The minimum Gasteiger partial charge on any atom is -0.355 e. The van der Waals surface area contributed by atoms with Gasteiger partial charge in [0.2, 0.25) is 10.0 Å². The van der Waals surface area contributed by atoms with E-state index in [2.05, 4.69) is 20.0 Å². The van der Waals surface area contributed by atoms with Gasteiger partial charge in [-0.05, 0) is 42.8 Å². The van der Waals surface area contributed by atoms with Crippen LogP contribution in [0, 0.1) is 0 Å². The van der Waals surface area contributed by atoms with Crippen molar-refractivity contribution in [2.24, 2.45) is 0 Å². The Morgan fingerprint density at radius 2 is 1.26 bits per heavy atom. The first-order valence-corrected chi connectivity index (χ1v) is 12.4. The summed E-state index contributed by atoms with van der Waals surface area (Å²) in [6.07, 6.45) is 3.70. The van der Waals surface area contributed by atoms with Crippen molar-refractivity contribution < 1.29 is 8.42 Å². The van der Waals surface area contributed by atoms with Crippen LogP contribution in [0.25, 0.3) is 10.8 Å². The number of sulfonamides is 1. The van der Waals surface area contributed by atoms with Gasteiger partial charge in [-0.1, -0.05) is 36.4 Å². The van der Waals surface area contributed by atoms with E-state index in [1.807, 2.05) is 48.5 Å². The predicted molar refractivity (Wildman–Crippen MR) is 123 cm³/mol. The molecule has 0 bridgehead atoms. The number of piperazine rings is 1. The third-order valence-electron chi connectivity index (χ3n) is 6.25. The second kappa shape index (κ2) is 8.43. The van der Waals surface area contributed by atoms with Crippen LogP contribution in [0.2, 0.25) is 0 Å². The van der Waals surface area contributed by atoms with Gasteiger partial charge in [-0.15, -0.1) is 10.2 Å². The first kappa shape index (κ1) is 20.2. The molecule has 0 saturated carbocycles. The second-order valence-corrected chi connectivity index (χ2v) is 10.1. The Morgan fingerprint density at radius 1 is 0.645 bits per heavy atom. The van der Waals surface area contributed by atoms with Crippen LogP contribution < -0.4 is 9.80 Å². The van der Waals surface area contributed by atoms with Crippen LogP contribution in [0.4, 0.5) is 11.6 Å². The van der Waals surface area contributed by atoms with Crippen LogP contribution >= 0.6 is 0 Å². The number of aromatic nitrogens is 2. The van der Waals surface area contributed by atoms with Crippen LogP contribution in [0.15, 0.2) is 59.5 Å². The van der Waals surface area contributed by atoms with Crippen molar-refractivity contribution in [2.75, 3.05) is 49.1 Å². The first-order chi connectivity index (χ1) is 15.1. The highest BCUT2D eigenvalue weighted by molar-refractivity contribution is 7.89. The van der Waals surface area contributed by atoms with E-state index in [-0.39, 0.29) is 0 Å². The largest absolute Gasteiger partial charge is 0.355 e. The summed E-state index contributed by atoms with van der Waals surface area (Å²) in [6, 6.07) is 17.1. The van der Waals surface area contributed by atoms with Crippen molar-refractivity contribution in [3.63, 3.8) is 0 Å².